The first-order chi connectivity index (χ1) is 11.9. The Morgan fingerprint density at radius 3 is 2.56 bits per heavy atom. The quantitative estimate of drug-likeness (QED) is 0.511. The Morgan fingerprint density at radius 1 is 1.20 bits per heavy atom. The van der Waals surface area contributed by atoms with Crippen LogP contribution in [0, 0.1) is 10.1 Å². The maximum atomic E-state index is 11.9. The van der Waals surface area contributed by atoms with Gasteiger partial charge >= 0.3 is 0 Å². The van der Waals surface area contributed by atoms with Gasteiger partial charge in [0.25, 0.3) is 11.2 Å². The molecule has 2 heterocycles. The monoisotopic (exact) mass is 355 g/mol. The van der Waals surface area contributed by atoms with Gasteiger partial charge in [0.15, 0.2) is 0 Å². The average Bonchev–Trinajstić information content (AvgIpc) is 3.05. The largest absolute Gasteiger partial charge is 0.303 e. The standard InChI is InChI=1S/C18H17N3O3S/c1-12(2)13-3-5-14(6-4-13)18-19-9-16(25-18)11-20-10-15(21(23)24)7-8-17(20)22/h3-10,12H,11H2,1-2H3. The Hall–Kier alpha value is -2.80. The van der Waals surface area contributed by atoms with Gasteiger partial charge < -0.3 is 4.57 Å². The van der Waals surface area contributed by atoms with Gasteiger partial charge in [-0.05, 0) is 11.5 Å². The van der Waals surface area contributed by atoms with Crippen molar-refractivity contribution in [2.75, 3.05) is 0 Å². The first-order valence-corrected chi connectivity index (χ1v) is 8.65. The van der Waals surface area contributed by atoms with Crippen LogP contribution in [0.2, 0.25) is 0 Å². The summed E-state index contributed by atoms with van der Waals surface area (Å²) in [5.41, 5.74) is 1.91. The Balaban J connectivity index is 1.83. The van der Waals surface area contributed by atoms with E-state index >= 15 is 0 Å². The van der Waals surface area contributed by atoms with E-state index in [0.717, 1.165) is 15.4 Å². The van der Waals surface area contributed by atoms with Crippen molar-refractivity contribution in [3.63, 3.8) is 0 Å². The highest BCUT2D eigenvalue weighted by Crippen LogP contribution is 2.27. The first-order valence-electron chi connectivity index (χ1n) is 7.84. The van der Waals surface area contributed by atoms with Gasteiger partial charge in [0.1, 0.15) is 5.01 Å². The van der Waals surface area contributed by atoms with Crippen molar-refractivity contribution in [3.8, 4) is 10.6 Å². The molecule has 3 aromatic rings. The van der Waals surface area contributed by atoms with Crippen LogP contribution in [0.1, 0.15) is 30.2 Å². The Labute approximate surface area is 148 Å². The summed E-state index contributed by atoms with van der Waals surface area (Å²) in [4.78, 5) is 27.5. The summed E-state index contributed by atoms with van der Waals surface area (Å²) in [6.45, 7) is 4.56. The van der Waals surface area contributed by atoms with Gasteiger partial charge in [-0.3, -0.25) is 14.9 Å². The Kier molecular flexibility index (Phi) is 4.76. The maximum Gasteiger partial charge on any atom is 0.285 e. The molecule has 0 saturated carbocycles. The van der Waals surface area contributed by atoms with Crippen LogP contribution in [0.25, 0.3) is 10.6 Å². The third-order valence-electron chi connectivity index (χ3n) is 3.88. The van der Waals surface area contributed by atoms with Gasteiger partial charge in [-0.2, -0.15) is 0 Å². The molecule has 0 N–H and O–H groups in total. The van der Waals surface area contributed by atoms with Crippen molar-refractivity contribution in [3.05, 3.63) is 79.7 Å². The van der Waals surface area contributed by atoms with Crippen molar-refractivity contribution >= 4 is 17.0 Å². The lowest BCUT2D eigenvalue weighted by Crippen LogP contribution is -2.18. The highest BCUT2D eigenvalue weighted by molar-refractivity contribution is 7.15. The summed E-state index contributed by atoms with van der Waals surface area (Å²) in [6.07, 6.45) is 2.97. The predicted octanol–water partition coefficient (Wildman–Crippen LogP) is 4.05. The van der Waals surface area contributed by atoms with E-state index in [0.29, 0.717) is 5.92 Å². The van der Waals surface area contributed by atoms with E-state index in [4.69, 9.17) is 0 Å². The molecule has 25 heavy (non-hydrogen) atoms. The van der Waals surface area contributed by atoms with Crippen molar-refractivity contribution in [2.24, 2.45) is 0 Å². The summed E-state index contributed by atoms with van der Waals surface area (Å²) in [6, 6.07) is 10.7. The molecular weight excluding hydrogens is 338 g/mol. The zero-order chi connectivity index (χ0) is 18.0. The highest BCUT2D eigenvalue weighted by atomic mass is 32.1. The molecule has 3 rings (SSSR count). The topological polar surface area (TPSA) is 78.0 Å². The number of aromatic nitrogens is 2. The molecule has 2 aromatic heterocycles. The second-order valence-corrected chi connectivity index (χ2v) is 7.13. The van der Waals surface area contributed by atoms with Crippen LogP contribution < -0.4 is 5.56 Å². The number of rotatable bonds is 5. The lowest BCUT2D eigenvalue weighted by Gasteiger charge is -2.05. The van der Waals surface area contributed by atoms with E-state index < -0.39 is 4.92 Å². The predicted molar refractivity (Wildman–Crippen MR) is 98.1 cm³/mol. The van der Waals surface area contributed by atoms with Gasteiger partial charge in [0.2, 0.25) is 0 Å². The van der Waals surface area contributed by atoms with E-state index in [1.165, 1.54) is 39.8 Å². The molecule has 0 saturated heterocycles. The molecule has 7 heteroatoms. The van der Waals surface area contributed by atoms with Gasteiger partial charge in [-0.15, -0.1) is 11.3 Å². The van der Waals surface area contributed by atoms with Crippen molar-refractivity contribution in [2.45, 2.75) is 26.3 Å². The number of pyridine rings is 1. The minimum atomic E-state index is -0.510. The molecule has 0 fully saturated rings. The lowest BCUT2D eigenvalue weighted by atomic mass is 10.0. The first kappa shape index (κ1) is 17.0. The Bertz CT molecular complexity index is 958. The molecular formula is C18H17N3O3S. The molecule has 1 aromatic carbocycles. The van der Waals surface area contributed by atoms with E-state index in [9.17, 15) is 14.9 Å². The van der Waals surface area contributed by atoms with Crippen LogP contribution in [0.5, 0.6) is 0 Å². The van der Waals surface area contributed by atoms with Gasteiger partial charge in [0, 0.05) is 28.8 Å². The van der Waals surface area contributed by atoms with E-state index in [1.807, 2.05) is 12.1 Å². The maximum absolute atomic E-state index is 11.9. The number of hydrogen-bond acceptors (Lipinski definition) is 5. The normalized spacial score (nSPS) is 11.0. The minimum absolute atomic E-state index is 0.103. The molecule has 128 valence electrons. The molecule has 0 radical (unpaired) electrons. The van der Waals surface area contributed by atoms with E-state index in [-0.39, 0.29) is 17.8 Å². The summed E-state index contributed by atoms with van der Waals surface area (Å²) in [7, 11) is 0. The van der Waals surface area contributed by atoms with Crippen LogP contribution in [-0.4, -0.2) is 14.5 Å². The molecule has 6 nitrogen and oxygen atoms in total. The number of thiazole rings is 1. The third kappa shape index (κ3) is 3.83. The Morgan fingerprint density at radius 2 is 1.92 bits per heavy atom. The zero-order valence-electron chi connectivity index (χ0n) is 13.9. The summed E-state index contributed by atoms with van der Waals surface area (Å²) in [5.74, 6) is 0.474. The fourth-order valence-corrected chi connectivity index (χ4v) is 3.36. The molecule has 0 aliphatic carbocycles. The van der Waals surface area contributed by atoms with Crippen molar-refractivity contribution < 1.29 is 4.92 Å². The number of hydrogen-bond donors (Lipinski definition) is 0. The van der Waals surface area contributed by atoms with Gasteiger partial charge in [0.05, 0.1) is 17.7 Å². The SMILES string of the molecule is CC(C)c1ccc(-c2ncc(Cn3cc([N+](=O)[O-])ccc3=O)s2)cc1. The number of nitrogens with zero attached hydrogens (tertiary/aromatic N) is 3. The zero-order valence-corrected chi connectivity index (χ0v) is 14.7. The summed E-state index contributed by atoms with van der Waals surface area (Å²) >= 11 is 1.48. The van der Waals surface area contributed by atoms with Gasteiger partial charge in [-0.25, -0.2) is 4.98 Å². The third-order valence-corrected chi connectivity index (χ3v) is 4.91. The van der Waals surface area contributed by atoms with E-state index in [1.54, 1.807) is 6.20 Å². The van der Waals surface area contributed by atoms with Gasteiger partial charge in [-0.1, -0.05) is 38.1 Å². The second-order valence-electron chi connectivity index (χ2n) is 6.02. The van der Waals surface area contributed by atoms with Crippen LogP contribution >= 0.6 is 11.3 Å². The molecule has 0 unspecified atom stereocenters. The molecule has 0 aliphatic rings. The molecule has 0 amide bonds. The van der Waals surface area contributed by atoms with Crippen LogP contribution in [0.15, 0.2) is 53.6 Å². The van der Waals surface area contributed by atoms with Crippen molar-refractivity contribution in [1.82, 2.24) is 9.55 Å². The minimum Gasteiger partial charge on any atom is -0.303 e. The molecule has 0 bridgehead atoms. The fourth-order valence-electron chi connectivity index (χ4n) is 2.44. The van der Waals surface area contributed by atoms with Crippen LogP contribution in [-0.2, 0) is 6.54 Å². The smallest absolute Gasteiger partial charge is 0.285 e. The summed E-state index contributed by atoms with van der Waals surface area (Å²) in [5, 5.41) is 11.7. The van der Waals surface area contributed by atoms with Crippen molar-refractivity contribution in [1.29, 1.82) is 0 Å². The second kappa shape index (κ2) is 6.98. The highest BCUT2D eigenvalue weighted by Gasteiger charge is 2.10. The number of nitro groups is 1. The lowest BCUT2D eigenvalue weighted by molar-refractivity contribution is -0.385. The van der Waals surface area contributed by atoms with E-state index in [2.05, 4.69) is 31.0 Å². The fraction of sp³-hybridized carbons (Fsp3) is 0.222. The van der Waals surface area contributed by atoms with Crippen LogP contribution in [0.3, 0.4) is 0 Å². The molecule has 0 atom stereocenters. The molecule has 0 spiro atoms. The average molecular weight is 355 g/mol. The number of benzene rings is 1. The van der Waals surface area contributed by atoms with Crippen LogP contribution in [0.4, 0.5) is 5.69 Å². The molecule has 0 aliphatic heterocycles. The summed E-state index contributed by atoms with van der Waals surface area (Å²) < 4.78 is 1.33.